The molecule has 1 aliphatic rings. The smallest absolute Gasteiger partial charge is 0.236 e. The molecule has 1 aliphatic heterocycles. The van der Waals surface area contributed by atoms with Gasteiger partial charge in [0, 0.05) is 13.6 Å². The highest BCUT2D eigenvalue weighted by molar-refractivity contribution is 5.78. The Morgan fingerprint density at radius 1 is 1.39 bits per heavy atom. The molecule has 1 fully saturated rings. The van der Waals surface area contributed by atoms with Crippen LogP contribution in [0.4, 0.5) is 0 Å². The van der Waals surface area contributed by atoms with Crippen LogP contribution in [0.1, 0.15) is 18.5 Å². The van der Waals surface area contributed by atoms with E-state index in [0.29, 0.717) is 19.6 Å². The van der Waals surface area contributed by atoms with Crippen molar-refractivity contribution in [2.24, 2.45) is 0 Å². The van der Waals surface area contributed by atoms with Crippen molar-refractivity contribution >= 4 is 16.9 Å². The van der Waals surface area contributed by atoms with Crippen LogP contribution in [0.15, 0.2) is 30.5 Å². The van der Waals surface area contributed by atoms with Crippen molar-refractivity contribution in [1.29, 1.82) is 0 Å². The molecule has 0 radical (unpaired) electrons. The fraction of sp³-hybridized carbons (Fsp3) is 0.471. The first-order valence-electron chi connectivity index (χ1n) is 7.97. The van der Waals surface area contributed by atoms with Crippen molar-refractivity contribution in [3.8, 4) is 0 Å². The second-order valence-corrected chi connectivity index (χ2v) is 6.13. The van der Waals surface area contributed by atoms with Crippen LogP contribution in [-0.2, 0) is 11.3 Å². The molecule has 6 nitrogen and oxygen atoms in total. The number of hydrogen-bond acceptors (Lipinski definition) is 5. The Balaban J connectivity index is 1.60. The van der Waals surface area contributed by atoms with Gasteiger partial charge in [-0.2, -0.15) is 0 Å². The van der Waals surface area contributed by atoms with Crippen molar-refractivity contribution in [1.82, 2.24) is 19.8 Å². The lowest BCUT2D eigenvalue weighted by atomic mass is 10.1. The third kappa shape index (κ3) is 4.03. The Labute approximate surface area is 135 Å². The maximum absolute atomic E-state index is 12.3. The van der Waals surface area contributed by atoms with Gasteiger partial charge in [0.2, 0.25) is 5.91 Å². The number of piperidine rings is 1. The number of para-hydroxylation sites is 2. The molecule has 23 heavy (non-hydrogen) atoms. The number of amides is 1. The van der Waals surface area contributed by atoms with E-state index in [0.717, 1.165) is 36.1 Å². The predicted octanol–water partition coefficient (Wildman–Crippen LogP) is 1.04. The standard InChI is InChI=1S/C17H22N4O2/c1-20(17(23)12-21-8-4-5-14(22)11-21)10-13-9-18-15-6-2-3-7-16(15)19-13/h2-3,6-7,9,14,22H,4-5,8,10-12H2,1H3/t14-/m0/s1. The molecule has 0 aliphatic carbocycles. The normalized spacial score (nSPS) is 19.0. The second-order valence-electron chi connectivity index (χ2n) is 6.13. The van der Waals surface area contributed by atoms with Crippen LogP contribution in [0.3, 0.4) is 0 Å². The molecule has 0 saturated carbocycles. The SMILES string of the molecule is CN(Cc1cnc2ccccc2n1)C(=O)CN1CCC[C@H](O)C1. The fourth-order valence-electron chi connectivity index (χ4n) is 2.89. The van der Waals surface area contributed by atoms with E-state index in [1.165, 1.54) is 0 Å². The van der Waals surface area contributed by atoms with Gasteiger partial charge in [0.15, 0.2) is 0 Å². The van der Waals surface area contributed by atoms with Gasteiger partial charge in [-0.25, -0.2) is 4.98 Å². The maximum Gasteiger partial charge on any atom is 0.236 e. The molecule has 1 N–H and O–H groups in total. The molecule has 3 rings (SSSR count). The minimum absolute atomic E-state index is 0.0362. The quantitative estimate of drug-likeness (QED) is 0.913. The van der Waals surface area contributed by atoms with E-state index in [-0.39, 0.29) is 12.0 Å². The van der Waals surface area contributed by atoms with E-state index in [4.69, 9.17) is 0 Å². The summed E-state index contributed by atoms with van der Waals surface area (Å²) in [5.41, 5.74) is 2.47. The lowest BCUT2D eigenvalue weighted by Gasteiger charge is -2.30. The first kappa shape index (κ1) is 15.8. The number of likely N-dealkylation sites (tertiary alicyclic amines) is 1. The number of rotatable bonds is 4. The average molecular weight is 314 g/mol. The Hall–Kier alpha value is -2.05. The van der Waals surface area contributed by atoms with Crippen LogP contribution >= 0.6 is 0 Å². The van der Waals surface area contributed by atoms with Crippen LogP contribution in [0, 0.1) is 0 Å². The van der Waals surface area contributed by atoms with Crippen molar-refractivity contribution in [3.63, 3.8) is 0 Å². The summed E-state index contributed by atoms with van der Waals surface area (Å²) >= 11 is 0. The van der Waals surface area contributed by atoms with Crippen LogP contribution in [0.5, 0.6) is 0 Å². The summed E-state index contributed by atoms with van der Waals surface area (Å²) in [6.45, 7) is 2.23. The minimum Gasteiger partial charge on any atom is -0.392 e. The molecular weight excluding hydrogens is 292 g/mol. The summed E-state index contributed by atoms with van der Waals surface area (Å²) in [5.74, 6) is 0.0362. The van der Waals surface area contributed by atoms with E-state index < -0.39 is 0 Å². The summed E-state index contributed by atoms with van der Waals surface area (Å²) in [6.07, 6.45) is 3.17. The molecule has 0 unspecified atom stereocenters. The molecule has 1 saturated heterocycles. The average Bonchev–Trinajstić information content (AvgIpc) is 2.54. The van der Waals surface area contributed by atoms with Crippen LogP contribution in [0.25, 0.3) is 11.0 Å². The third-order valence-electron chi connectivity index (χ3n) is 4.16. The molecule has 122 valence electrons. The van der Waals surface area contributed by atoms with Gasteiger partial charge < -0.3 is 10.0 Å². The monoisotopic (exact) mass is 314 g/mol. The number of carbonyl (C=O) groups excluding carboxylic acids is 1. The van der Waals surface area contributed by atoms with Crippen LogP contribution in [-0.4, -0.2) is 63.6 Å². The largest absolute Gasteiger partial charge is 0.392 e. The zero-order valence-corrected chi connectivity index (χ0v) is 13.4. The number of carbonyl (C=O) groups is 1. The zero-order valence-electron chi connectivity index (χ0n) is 13.4. The molecule has 0 spiro atoms. The second kappa shape index (κ2) is 7.02. The summed E-state index contributed by atoms with van der Waals surface area (Å²) in [7, 11) is 1.78. The Kier molecular flexibility index (Phi) is 4.83. The fourth-order valence-corrected chi connectivity index (χ4v) is 2.89. The van der Waals surface area contributed by atoms with Crippen LogP contribution in [0.2, 0.25) is 0 Å². The van der Waals surface area contributed by atoms with E-state index >= 15 is 0 Å². The van der Waals surface area contributed by atoms with Gasteiger partial charge in [0.05, 0.1) is 42.1 Å². The number of aliphatic hydroxyl groups excluding tert-OH is 1. The molecule has 1 atom stereocenters. The molecule has 1 aromatic heterocycles. The van der Waals surface area contributed by atoms with Crippen LogP contribution < -0.4 is 0 Å². The van der Waals surface area contributed by atoms with Gasteiger partial charge in [-0.3, -0.25) is 14.7 Å². The van der Waals surface area contributed by atoms with Gasteiger partial charge in [-0.1, -0.05) is 12.1 Å². The highest BCUT2D eigenvalue weighted by Crippen LogP contribution is 2.11. The Morgan fingerprint density at radius 3 is 2.96 bits per heavy atom. The Bertz CT molecular complexity index is 691. The summed E-state index contributed by atoms with van der Waals surface area (Å²) < 4.78 is 0. The molecule has 2 heterocycles. The number of aromatic nitrogens is 2. The van der Waals surface area contributed by atoms with Gasteiger partial charge in [-0.05, 0) is 31.5 Å². The molecule has 0 bridgehead atoms. The summed E-state index contributed by atoms with van der Waals surface area (Å²) in [5, 5.41) is 9.68. The summed E-state index contributed by atoms with van der Waals surface area (Å²) in [6, 6.07) is 7.70. The first-order chi connectivity index (χ1) is 11.1. The lowest BCUT2D eigenvalue weighted by molar-refractivity contribution is -0.132. The number of hydrogen-bond donors (Lipinski definition) is 1. The number of benzene rings is 1. The number of aliphatic hydroxyl groups is 1. The minimum atomic E-state index is -0.312. The van der Waals surface area contributed by atoms with Crippen molar-refractivity contribution in [3.05, 3.63) is 36.2 Å². The highest BCUT2D eigenvalue weighted by Gasteiger charge is 2.21. The first-order valence-corrected chi connectivity index (χ1v) is 7.97. The number of nitrogens with zero attached hydrogens (tertiary/aromatic N) is 4. The molecular formula is C17H22N4O2. The molecule has 1 amide bonds. The highest BCUT2D eigenvalue weighted by atomic mass is 16.3. The number of likely N-dealkylation sites (N-methyl/N-ethyl adjacent to an activating group) is 1. The molecule has 2 aromatic rings. The summed E-state index contributed by atoms with van der Waals surface area (Å²) in [4.78, 5) is 24.9. The zero-order chi connectivity index (χ0) is 16.2. The van der Waals surface area contributed by atoms with E-state index in [2.05, 4.69) is 9.97 Å². The Morgan fingerprint density at radius 2 is 2.17 bits per heavy atom. The number of fused-ring (bicyclic) bond motifs is 1. The molecule has 1 aromatic carbocycles. The van der Waals surface area contributed by atoms with E-state index in [9.17, 15) is 9.90 Å². The van der Waals surface area contributed by atoms with Crippen molar-refractivity contribution < 1.29 is 9.90 Å². The van der Waals surface area contributed by atoms with Gasteiger partial charge in [-0.15, -0.1) is 0 Å². The van der Waals surface area contributed by atoms with Gasteiger partial charge in [0.25, 0.3) is 0 Å². The lowest BCUT2D eigenvalue weighted by Crippen LogP contribution is -2.44. The number of β-amino-alcohol motifs (C(OH)–C–C–N with tert-alkyl or cyclic N) is 1. The van der Waals surface area contributed by atoms with E-state index in [1.54, 1.807) is 18.1 Å². The van der Waals surface area contributed by atoms with E-state index in [1.807, 2.05) is 29.2 Å². The van der Waals surface area contributed by atoms with Crippen molar-refractivity contribution in [2.75, 3.05) is 26.7 Å². The maximum atomic E-state index is 12.3. The third-order valence-corrected chi connectivity index (χ3v) is 4.16. The predicted molar refractivity (Wildman–Crippen MR) is 87.7 cm³/mol. The topological polar surface area (TPSA) is 69.6 Å². The molecule has 6 heteroatoms. The van der Waals surface area contributed by atoms with Crippen molar-refractivity contribution in [2.45, 2.75) is 25.5 Å². The van der Waals surface area contributed by atoms with Gasteiger partial charge in [0.1, 0.15) is 0 Å². The van der Waals surface area contributed by atoms with Gasteiger partial charge >= 0.3 is 0 Å².